The maximum absolute atomic E-state index is 6.55. The third-order valence-corrected chi connectivity index (χ3v) is 6.79. The van der Waals surface area contributed by atoms with E-state index in [2.05, 4.69) is 122 Å². The van der Waals surface area contributed by atoms with Crippen molar-refractivity contribution in [1.29, 1.82) is 0 Å². The highest BCUT2D eigenvalue weighted by atomic mass is 35.5. The number of hydrogen-bond acceptors (Lipinski definition) is 0. The Bertz CT molecular complexity index is 1630. The van der Waals surface area contributed by atoms with Gasteiger partial charge < -0.3 is 4.57 Å². The van der Waals surface area contributed by atoms with Crippen LogP contribution in [0.3, 0.4) is 0 Å². The molecule has 0 saturated carbocycles. The Labute approximate surface area is 204 Å². The zero-order valence-electron chi connectivity index (χ0n) is 19.2. The molecule has 0 radical (unpaired) electrons. The Morgan fingerprint density at radius 3 is 1.76 bits per heavy atom. The molecule has 0 atom stereocenters. The minimum absolute atomic E-state index is 0.738. The predicted molar refractivity (Wildman–Crippen MR) is 146 cm³/mol. The van der Waals surface area contributed by atoms with Crippen molar-refractivity contribution in [1.82, 2.24) is 4.57 Å². The maximum atomic E-state index is 6.55. The first-order chi connectivity index (χ1) is 16.6. The standard InChI is InChI=1S/C32H24ClN/c1-21-8-5-10-23(18-21)26-13-7-14-27(24-11-6-9-22(2)19-24)32(26)34-30-15-4-3-12-28(30)29-17-16-25(33)20-31(29)34/h3-20H,1-2H3. The molecule has 0 aliphatic rings. The van der Waals surface area contributed by atoms with E-state index >= 15 is 0 Å². The quantitative estimate of drug-likeness (QED) is 0.249. The van der Waals surface area contributed by atoms with Gasteiger partial charge >= 0.3 is 0 Å². The van der Waals surface area contributed by atoms with E-state index in [0.29, 0.717) is 0 Å². The molecule has 164 valence electrons. The van der Waals surface area contributed by atoms with E-state index in [-0.39, 0.29) is 0 Å². The minimum atomic E-state index is 0.738. The van der Waals surface area contributed by atoms with Crippen LogP contribution < -0.4 is 0 Å². The van der Waals surface area contributed by atoms with Crippen molar-refractivity contribution in [3.63, 3.8) is 0 Å². The number of rotatable bonds is 3. The summed E-state index contributed by atoms with van der Waals surface area (Å²) in [6.45, 7) is 4.29. The molecule has 0 saturated heterocycles. The highest BCUT2D eigenvalue weighted by Gasteiger charge is 2.19. The third kappa shape index (κ3) is 3.41. The van der Waals surface area contributed by atoms with Gasteiger partial charge in [-0.3, -0.25) is 0 Å². The van der Waals surface area contributed by atoms with Gasteiger partial charge in [-0.2, -0.15) is 0 Å². The number of fused-ring (bicyclic) bond motifs is 3. The Morgan fingerprint density at radius 1 is 0.529 bits per heavy atom. The number of para-hydroxylation sites is 2. The third-order valence-electron chi connectivity index (χ3n) is 6.55. The molecular weight excluding hydrogens is 434 g/mol. The lowest BCUT2D eigenvalue weighted by molar-refractivity contribution is 1.18. The number of aromatic nitrogens is 1. The van der Waals surface area contributed by atoms with Gasteiger partial charge in [-0.15, -0.1) is 0 Å². The highest BCUT2D eigenvalue weighted by molar-refractivity contribution is 6.31. The number of benzene rings is 5. The van der Waals surface area contributed by atoms with Crippen LogP contribution in [0.4, 0.5) is 0 Å². The number of nitrogens with zero attached hydrogens (tertiary/aromatic N) is 1. The van der Waals surface area contributed by atoms with Crippen molar-refractivity contribution in [2.24, 2.45) is 0 Å². The van der Waals surface area contributed by atoms with E-state index in [1.807, 2.05) is 6.07 Å². The van der Waals surface area contributed by atoms with Crippen molar-refractivity contribution in [2.75, 3.05) is 0 Å². The van der Waals surface area contributed by atoms with Crippen LogP contribution in [0.25, 0.3) is 49.7 Å². The fraction of sp³-hybridized carbons (Fsp3) is 0.0625. The molecule has 0 fully saturated rings. The first kappa shape index (κ1) is 20.8. The summed E-state index contributed by atoms with van der Waals surface area (Å²) in [5.74, 6) is 0. The average molecular weight is 458 g/mol. The topological polar surface area (TPSA) is 4.93 Å². The summed E-state index contributed by atoms with van der Waals surface area (Å²) in [5, 5.41) is 3.17. The van der Waals surface area contributed by atoms with Crippen LogP contribution in [0.15, 0.2) is 109 Å². The van der Waals surface area contributed by atoms with Gasteiger partial charge in [-0.05, 0) is 43.2 Å². The Balaban J connectivity index is 1.81. The molecule has 0 amide bonds. The summed E-state index contributed by atoms with van der Waals surface area (Å²) in [6, 6.07) is 38.9. The van der Waals surface area contributed by atoms with Crippen molar-refractivity contribution in [3.8, 4) is 27.9 Å². The van der Waals surface area contributed by atoms with Crippen molar-refractivity contribution < 1.29 is 0 Å². The molecule has 0 aliphatic heterocycles. The monoisotopic (exact) mass is 457 g/mol. The maximum Gasteiger partial charge on any atom is 0.0618 e. The zero-order chi connectivity index (χ0) is 23.2. The summed E-state index contributed by atoms with van der Waals surface area (Å²) < 4.78 is 2.39. The molecule has 1 nitrogen and oxygen atoms in total. The second-order valence-corrected chi connectivity index (χ2v) is 9.39. The molecule has 1 aromatic heterocycles. The smallest absolute Gasteiger partial charge is 0.0618 e. The van der Waals surface area contributed by atoms with E-state index in [1.165, 1.54) is 55.4 Å². The second kappa shape index (κ2) is 8.20. The Kier molecular flexibility index (Phi) is 5.01. The van der Waals surface area contributed by atoms with Crippen LogP contribution >= 0.6 is 11.6 Å². The van der Waals surface area contributed by atoms with E-state index < -0.39 is 0 Å². The van der Waals surface area contributed by atoms with Crippen LogP contribution in [0, 0.1) is 13.8 Å². The first-order valence-corrected chi connectivity index (χ1v) is 11.9. The summed E-state index contributed by atoms with van der Waals surface area (Å²) in [7, 11) is 0. The normalized spacial score (nSPS) is 11.4. The van der Waals surface area contributed by atoms with Crippen LogP contribution in [0.5, 0.6) is 0 Å². The fourth-order valence-corrected chi connectivity index (χ4v) is 5.23. The number of halogens is 1. The molecular formula is C32H24ClN. The lowest BCUT2D eigenvalue weighted by atomic mass is 9.94. The van der Waals surface area contributed by atoms with E-state index in [4.69, 9.17) is 11.6 Å². The molecule has 2 heteroatoms. The second-order valence-electron chi connectivity index (χ2n) is 8.95. The van der Waals surface area contributed by atoms with Gasteiger partial charge in [0.1, 0.15) is 0 Å². The Hall–Kier alpha value is -3.81. The van der Waals surface area contributed by atoms with Crippen molar-refractivity contribution in [3.05, 3.63) is 125 Å². The van der Waals surface area contributed by atoms with E-state index in [1.54, 1.807) is 0 Å². The van der Waals surface area contributed by atoms with Gasteiger partial charge in [0.05, 0.1) is 16.7 Å². The molecule has 0 spiro atoms. The molecule has 0 N–H and O–H groups in total. The largest absolute Gasteiger partial charge is 0.308 e. The number of hydrogen-bond donors (Lipinski definition) is 0. The molecule has 0 aliphatic carbocycles. The van der Waals surface area contributed by atoms with Crippen LogP contribution in [0.2, 0.25) is 5.02 Å². The molecule has 0 bridgehead atoms. The summed E-state index contributed by atoms with van der Waals surface area (Å²) in [4.78, 5) is 0. The van der Waals surface area contributed by atoms with E-state index in [0.717, 1.165) is 10.5 Å². The van der Waals surface area contributed by atoms with Crippen LogP contribution in [-0.2, 0) is 0 Å². The fourth-order valence-electron chi connectivity index (χ4n) is 5.06. The SMILES string of the molecule is Cc1cccc(-c2cccc(-c3cccc(C)c3)c2-n2c3ccccc3c3ccc(Cl)cc32)c1. The van der Waals surface area contributed by atoms with Gasteiger partial charge in [-0.25, -0.2) is 0 Å². The van der Waals surface area contributed by atoms with Crippen molar-refractivity contribution >= 4 is 33.4 Å². The summed E-state index contributed by atoms with van der Waals surface area (Å²) in [6.07, 6.45) is 0. The molecule has 1 heterocycles. The molecule has 34 heavy (non-hydrogen) atoms. The van der Waals surface area contributed by atoms with Gasteiger partial charge in [0, 0.05) is 26.9 Å². The lowest BCUT2D eigenvalue weighted by Crippen LogP contribution is -2.01. The van der Waals surface area contributed by atoms with Crippen molar-refractivity contribution in [2.45, 2.75) is 13.8 Å². The molecule has 6 aromatic rings. The minimum Gasteiger partial charge on any atom is -0.308 e. The molecule has 6 rings (SSSR count). The van der Waals surface area contributed by atoms with Gasteiger partial charge in [0.15, 0.2) is 0 Å². The first-order valence-electron chi connectivity index (χ1n) is 11.6. The van der Waals surface area contributed by atoms with Crippen LogP contribution in [-0.4, -0.2) is 4.57 Å². The van der Waals surface area contributed by atoms with E-state index in [9.17, 15) is 0 Å². The van der Waals surface area contributed by atoms with Gasteiger partial charge in [-0.1, -0.05) is 114 Å². The average Bonchev–Trinajstić information content (AvgIpc) is 3.16. The predicted octanol–water partition coefficient (Wildman–Crippen LogP) is 9.39. The van der Waals surface area contributed by atoms with Gasteiger partial charge in [0.25, 0.3) is 0 Å². The number of aryl methyl sites for hydroxylation is 2. The highest BCUT2D eigenvalue weighted by Crippen LogP contribution is 2.41. The molecule has 0 unspecified atom stereocenters. The Morgan fingerprint density at radius 2 is 1.12 bits per heavy atom. The van der Waals surface area contributed by atoms with Gasteiger partial charge in [0.2, 0.25) is 0 Å². The van der Waals surface area contributed by atoms with Crippen LogP contribution in [0.1, 0.15) is 11.1 Å². The summed E-state index contributed by atoms with van der Waals surface area (Å²) in [5.41, 5.74) is 10.8. The zero-order valence-corrected chi connectivity index (χ0v) is 20.0. The lowest BCUT2D eigenvalue weighted by Gasteiger charge is -2.19. The summed E-state index contributed by atoms with van der Waals surface area (Å²) >= 11 is 6.55. The molecule has 5 aromatic carbocycles.